The largest absolute Gasteiger partial charge is 0.396 e. The van der Waals surface area contributed by atoms with Crippen molar-refractivity contribution in [3.8, 4) is 11.4 Å². The smallest absolute Gasteiger partial charge is 0.129 e. The Hall–Kier alpha value is -1.68. The Kier molecular flexibility index (Phi) is 3.31. The zero-order valence-electron chi connectivity index (χ0n) is 9.27. The molecule has 0 aliphatic rings. The SMILES string of the molecule is Cc1cc(-c2ccc[nH]2)nc(CCCO)n1. The molecule has 0 aliphatic carbocycles. The molecule has 4 nitrogen and oxygen atoms in total. The van der Waals surface area contributed by atoms with E-state index in [1.165, 1.54) is 0 Å². The third-order valence-electron chi connectivity index (χ3n) is 2.33. The predicted molar refractivity (Wildman–Crippen MR) is 62.0 cm³/mol. The van der Waals surface area contributed by atoms with Crippen molar-refractivity contribution in [2.75, 3.05) is 6.61 Å². The third-order valence-corrected chi connectivity index (χ3v) is 2.33. The first kappa shape index (κ1) is 10.8. The molecule has 0 fully saturated rings. The predicted octanol–water partition coefficient (Wildman–Crippen LogP) is 1.71. The number of aryl methyl sites for hydroxylation is 2. The lowest BCUT2D eigenvalue weighted by molar-refractivity contribution is 0.287. The molecule has 2 N–H and O–H groups in total. The highest BCUT2D eigenvalue weighted by Gasteiger charge is 2.04. The topological polar surface area (TPSA) is 61.8 Å². The number of rotatable bonds is 4. The molecule has 84 valence electrons. The lowest BCUT2D eigenvalue weighted by atomic mass is 10.2. The number of aliphatic hydroxyl groups is 1. The van der Waals surface area contributed by atoms with Gasteiger partial charge in [0.25, 0.3) is 0 Å². The van der Waals surface area contributed by atoms with Gasteiger partial charge in [0.2, 0.25) is 0 Å². The van der Waals surface area contributed by atoms with Gasteiger partial charge < -0.3 is 10.1 Å². The highest BCUT2D eigenvalue weighted by Crippen LogP contribution is 2.15. The van der Waals surface area contributed by atoms with Gasteiger partial charge >= 0.3 is 0 Å². The van der Waals surface area contributed by atoms with E-state index in [9.17, 15) is 0 Å². The number of aliphatic hydroxyl groups excluding tert-OH is 1. The Morgan fingerprint density at radius 2 is 2.25 bits per heavy atom. The molecular formula is C12H15N3O. The van der Waals surface area contributed by atoms with Crippen LogP contribution in [-0.2, 0) is 6.42 Å². The van der Waals surface area contributed by atoms with Gasteiger partial charge in [-0.25, -0.2) is 9.97 Å². The molecule has 2 aromatic rings. The first-order valence-electron chi connectivity index (χ1n) is 5.39. The van der Waals surface area contributed by atoms with Gasteiger partial charge in [0.05, 0.1) is 11.4 Å². The van der Waals surface area contributed by atoms with Crippen LogP contribution in [0.3, 0.4) is 0 Å². The fraction of sp³-hybridized carbons (Fsp3) is 0.333. The summed E-state index contributed by atoms with van der Waals surface area (Å²) in [7, 11) is 0. The number of H-pyrrole nitrogens is 1. The van der Waals surface area contributed by atoms with Gasteiger partial charge in [-0.3, -0.25) is 0 Å². The van der Waals surface area contributed by atoms with E-state index in [4.69, 9.17) is 5.11 Å². The molecule has 0 aromatic carbocycles. The van der Waals surface area contributed by atoms with Crippen LogP contribution in [0, 0.1) is 6.92 Å². The Morgan fingerprint density at radius 1 is 1.38 bits per heavy atom. The molecular weight excluding hydrogens is 202 g/mol. The second-order valence-corrected chi connectivity index (χ2v) is 3.72. The average molecular weight is 217 g/mol. The number of hydrogen-bond donors (Lipinski definition) is 2. The van der Waals surface area contributed by atoms with E-state index in [0.717, 1.165) is 22.9 Å². The second kappa shape index (κ2) is 4.90. The van der Waals surface area contributed by atoms with Crippen molar-refractivity contribution in [2.24, 2.45) is 0 Å². The molecule has 0 atom stereocenters. The summed E-state index contributed by atoms with van der Waals surface area (Å²) in [5, 5.41) is 8.79. The van der Waals surface area contributed by atoms with Crippen molar-refractivity contribution < 1.29 is 5.11 Å². The van der Waals surface area contributed by atoms with Crippen molar-refractivity contribution in [1.82, 2.24) is 15.0 Å². The van der Waals surface area contributed by atoms with E-state index in [2.05, 4.69) is 15.0 Å². The van der Waals surface area contributed by atoms with Gasteiger partial charge in [0.15, 0.2) is 0 Å². The maximum atomic E-state index is 8.79. The summed E-state index contributed by atoms with van der Waals surface area (Å²) < 4.78 is 0. The van der Waals surface area contributed by atoms with E-state index >= 15 is 0 Å². The summed E-state index contributed by atoms with van der Waals surface area (Å²) >= 11 is 0. The molecule has 2 heterocycles. The average Bonchev–Trinajstić information content (AvgIpc) is 2.79. The minimum Gasteiger partial charge on any atom is -0.396 e. The van der Waals surface area contributed by atoms with Crippen LogP contribution in [0.2, 0.25) is 0 Å². The number of hydrogen-bond acceptors (Lipinski definition) is 3. The molecule has 0 saturated heterocycles. The Balaban J connectivity index is 2.29. The van der Waals surface area contributed by atoms with Gasteiger partial charge in [-0.2, -0.15) is 0 Å². The first-order chi connectivity index (χ1) is 7.79. The van der Waals surface area contributed by atoms with Crippen molar-refractivity contribution in [3.05, 3.63) is 35.9 Å². The highest BCUT2D eigenvalue weighted by molar-refractivity contribution is 5.54. The fourth-order valence-electron chi connectivity index (χ4n) is 1.61. The van der Waals surface area contributed by atoms with Crippen molar-refractivity contribution in [2.45, 2.75) is 19.8 Å². The molecule has 4 heteroatoms. The molecule has 0 spiro atoms. The maximum absolute atomic E-state index is 8.79. The molecule has 16 heavy (non-hydrogen) atoms. The normalized spacial score (nSPS) is 10.6. The van der Waals surface area contributed by atoms with Crippen LogP contribution in [0.5, 0.6) is 0 Å². The zero-order chi connectivity index (χ0) is 11.4. The molecule has 0 radical (unpaired) electrons. The van der Waals surface area contributed by atoms with E-state index < -0.39 is 0 Å². The minimum absolute atomic E-state index is 0.176. The molecule has 0 bridgehead atoms. The maximum Gasteiger partial charge on any atom is 0.129 e. The molecule has 0 unspecified atom stereocenters. The van der Waals surface area contributed by atoms with Crippen LogP contribution < -0.4 is 0 Å². The van der Waals surface area contributed by atoms with Gasteiger partial charge in [-0.15, -0.1) is 0 Å². The zero-order valence-corrected chi connectivity index (χ0v) is 9.27. The Morgan fingerprint density at radius 3 is 2.94 bits per heavy atom. The highest BCUT2D eigenvalue weighted by atomic mass is 16.2. The van der Waals surface area contributed by atoms with E-state index in [1.807, 2.05) is 31.3 Å². The first-order valence-corrected chi connectivity index (χ1v) is 5.39. The van der Waals surface area contributed by atoms with E-state index in [1.54, 1.807) is 0 Å². The number of nitrogens with zero attached hydrogens (tertiary/aromatic N) is 2. The van der Waals surface area contributed by atoms with Crippen LogP contribution in [0.25, 0.3) is 11.4 Å². The fourth-order valence-corrected chi connectivity index (χ4v) is 1.61. The summed E-state index contributed by atoms with van der Waals surface area (Å²) in [4.78, 5) is 11.9. The van der Waals surface area contributed by atoms with Crippen LogP contribution in [0.1, 0.15) is 17.9 Å². The molecule has 0 amide bonds. The standard InChI is InChI=1S/C12H15N3O/c1-9-8-11(10-4-2-6-13-10)15-12(14-9)5-3-7-16/h2,4,6,8,13,16H,3,5,7H2,1H3. The lowest BCUT2D eigenvalue weighted by Crippen LogP contribution is -2.00. The van der Waals surface area contributed by atoms with Gasteiger partial charge in [-0.1, -0.05) is 0 Å². The summed E-state index contributed by atoms with van der Waals surface area (Å²) in [5.41, 5.74) is 2.86. The second-order valence-electron chi connectivity index (χ2n) is 3.72. The van der Waals surface area contributed by atoms with Crippen LogP contribution in [0.4, 0.5) is 0 Å². The number of aromatic amines is 1. The van der Waals surface area contributed by atoms with Crippen LogP contribution in [0.15, 0.2) is 24.4 Å². The van der Waals surface area contributed by atoms with Gasteiger partial charge in [0, 0.05) is 24.9 Å². The summed E-state index contributed by atoms with van der Waals surface area (Å²) in [6.07, 6.45) is 3.29. The van der Waals surface area contributed by atoms with Crippen molar-refractivity contribution in [1.29, 1.82) is 0 Å². The van der Waals surface area contributed by atoms with Gasteiger partial charge in [-0.05, 0) is 31.5 Å². The summed E-state index contributed by atoms with van der Waals surface area (Å²) in [6, 6.07) is 5.88. The van der Waals surface area contributed by atoms with Crippen LogP contribution >= 0.6 is 0 Å². The third kappa shape index (κ3) is 2.46. The summed E-state index contributed by atoms with van der Waals surface area (Å²) in [6.45, 7) is 2.13. The minimum atomic E-state index is 0.176. The Bertz CT molecular complexity index is 451. The molecule has 0 aliphatic heterocycles. The summed E-state index contributed by atoms with van der Waals surface area (Å²) in [5.74, 6) is 0.790. The van der Waals surface area contributed by atoms with E-state index in [0.29, 0.717) is 12.8 Å². The van der Waals surface area contributed by atoms with Crippen molar-refractivity contribution in [3.63, 3.8) is 0 Å². The van der Waals surface area contributed by atoms with Crippen molar-refractivity contribution >= 4 is 0 Å². The Labute approximate surface area is 94.4 Å². The molecule has 0 saturated carbocycles. The quantitative estimate of drug-likeness (QED) is 0.819. The monoisotopic (exact) mass is 217 g/mol. The van der Waals surface area contributed by atoms with Gasteiger partial charge in [0.1, 0.15) is 5.82 Å². The molecule has 2 rings (SSSR count). The molecule has 2 aromatic heterocycles. The number of nitrogens with one attached hydrogen (secondary N) is 1. The van der Waals surface area contributed by atoms with Crippen LogP contribution in [-0.4, -0.2) is 26.7 Å². The lowest BCUT2D eigenvalue weighted by Gasteiger charge is -2.04. The van der Waals surface area contributed by atoms with E-state index in [-0.39, 0.29) is 6.61 Å². The number of aromatic nitrogens is 3.